The molecule has 7 nitrogen and oxygen atoms in total. The summed E-state index contributed by atoms with van der Waals surface area (Å²) < 4.78 is 17.2. The smallest absolute Gasteiger partial charge is 0.181 e. The maximum absolute atomic E-state index is 12.5. The molecule has 2 aromatic heterocycles. The Morgan fingerprint density at radius 2 is 1.66 bits per heavy atom. The molecule has 176 valence electrons. The van der Waals surface area contributed by atoms with E-state index in [1.165, 1.54) is 5.69 Å². The van der Waals surface area contributed by atoms with Crippen molar-refractivity contribution in [2.75, 3.05) is 38.1 Å². The maximum atomic E-state index is 12.5. The van der Waals surface area contributed by atoms with Gasteiger partial charge in [-0.15, -0.1) is 4.72 Å². The van der Waals surface area contributed by atoms with E-state index in [-0.39, 0.29) is 0 Å². The highest BCUT2D eigenvalue weighted by atomic mass is 32.2. The summed E-state index contributed by atoms with van der Waals surface area (Å²) in [5.74, 6) is 0. The average molecular weight is 483 g/mol. The van der Waals surface area contributed by atoms with Crippen LogP contribution < -0.4 is 14.9 Å². The van der Waals surface area contributed by atoms with Crippen LogP contribution in [0.25, 0.3) is 38.7 Å². The van der Waals surface area contributed by atoms with Crippen molar-refractivity contribution in [3.63, 3.8) is 0 Å². The minimum Gasteiger partial charge on any atom is -0.593 e. The molecule has 0 spiro atoms. The van der Waals surface area contributed by atoms with E-state index in [1.807, 2.05) is 47.4 Å². The molecule has 1 fully saturated rings. The molecule has 0 amide bonds. The van der Waals surface area contributed by atoms with Crippen molar-refractivity contribution in [3.8, 4) is 22.3 Å². The Hall–Kier alpha value is -3.43. The zero-order valence-corrected chi connectivity index (χ0v) is 20.3. The quantitative estimate of drug-likeness (QED) is 0.370. The van der Waals surface area contributed by atoms with Crippen molar-refractivity contribution in [2.45, 2.75) is 4.90 Å². The summed E-state index contributed by atoms with van der Waals surface area (Å²) in [6.45, 7) is 4.11. The van der Waals surface area contributed by atoms with E-state index in [9.17, 15) is 4.55 Å². The van der Waals surface area contributed by atoms with Crippen LogP contribution in [-0.4, -0.2) is 52.4 Å². The van der Waals surface area contributed by atoms with Crippen LogP contribution in [0, 0.1) is 0 Å². The molecule has 1 atom stereocenters. The number of piperazine rings is 1. The van der Waals surface area contributed by atoms with Crippen molar-refractivity contribution < 1.29 is 4.55 Å². The number of hydrogen-bond donors (Lipinski definition) is 2. The number of benzene rings is 3. The third kappa shape index (κ3) is 4.04. The minimum absolute atomic E-state index is 0.767. The van der Waals surface area contributed by atoms with Crippen LogP contribution >= 0.6 is 0 Å². The Bertz CT molecular complexity index is 1490. The molecule has 1 aliphatic rings. The number of aromatic nitrogens is 3. The Kier molecular flexibility index (Phi) is 5.87. The van der Waals surface area contributed by atoms with Gasteiger partial charge in [0, 0.05) is 67.8 Å². The van der Waals surface area contributed by atoms with Crippen molar-refractivity contribution in [2.24, 2.45) is 0 Å². The highest BCUT2D eigenvalue weighted by Gasteiger charge is 2.18. The van der Waals surface area contributed by atoms with Crippen molar-refractivity contribution >= 4 is 33.5 Å². The number of fused-ring (bicyclic) bond motifs is 2. The highest BCUT2D eigenvalue weighted by molar-refractivity contribution is 7.89. The first-order valence-corrected chi connectivity index (χ1v) is 12.9. The summed E-state index contributed by atoms with van der Waals surface area (Å²) in [4.78, 5) is 7.97. The normalized spacial score (nSPS) is 15.1. The van der Waals surface area contributed by atoms with E-state index in [1.54, 1.807) is 7.05 Å². The Labute approximate surface area is 207 Å². The molecule has 35 heavy (non-hydrogen) atoms. The first-order chi connectivity index (χ1) is 17.2. The van der Waals surface area contributed by atoms with Crippen LogP contribution in [-0.2, 0) is 11.4 Å². The van der Waals surface area contributed by atoms with Crippen LogP contribution in [0.2, 0.25) is 0 Å². The average Bonchev–Trinajstić information content (AvgIpc) is 3.35. The summed E-state index contributed by atoms with van der Waals surface area (Å²) in [5.41, 5.74) is 6.14. The standard InChI is InChI=1S/C27H26N6OS/c1-28-35(34)26-7-3-5-22-23(4-2-6-24(22)26)25-17-31-33-18-20(16-30-27(25)33)19-8-10-21(11-9-19)32-14-12-29-13-15-32/h2-11,16-18,28-29H,12-15H2,1H3. The SMILES string of the molecule is CN[S+]([O-])c1cccc2c(-c3cnn4cc(-c5ccc(N6CCNCC6)cc5)cnc34)cccc12. The second-order valence-electron chi connectivity index (χ2n) is 8.58. The molecule has 0 radical (unpaired) electrons. The molecule has 1 saturated heterocycles. The summed E-state index contributed by atoms with van der Waals surface area (Å²) in [5, 5.41) is 10.00. The van der Waals surface area contributed by atoms with Gasteiger partial charge in [-0.05, 0) is 40.8 Å². The van der Waals surface area contributed by atoms with Gasteiger partial charge in [-0.25, -0.2) is 9.50 Å². The first-order valence-electron chi connectivity index (χ1n) is 11.7. The number of anilines is 1. The van der Waals surface area contributed by atoms with Crippen LogP contribution in [0.15, 0.2) is 84.1 Å². The molecule has 6 rings (SSSR count). The number of nitrogens with one attached hydrogen (secondary N) is 2. The summed E-state index contributed by atoms with van der Waals surface area (Å²) >= 11 is -1.27. The predicted molar refractivity (Wildman–Crippen MR) is 142 cm³/mol. The molecule has 0 saturated carbocycles. The molecular formula is C27H26N6OS. The van der Waals surface area contributed by atoms with Gasteiger partial charge in [0.15, 0.2) is 10.5 Å². The fourth-order valence-electron chi connectivity index (χ4n) is 4.79. The van der Waals surface area contributed by atoms with Gasteiger partial charge in [0.2, 0.25) is 0 Å². The summed E-state index contributed by atoms with van der Waals surface area (Å²) in [6.07, 6.45) is 5.79. The van der Waals surface area contributed by atoms with E-state index in [0.29, 0.717) is 0 Å². The second-order valence-corrected chi connectivity index (χ2v) is 9.97. The lowest BCUT2D eigenvalue weighted by atomic mass is 10.00. The van der Waals surface area contributed by atoms with E-state index in [2.05, 4.69) is 56.4 Å². The van der Waals surface area contributed by atoms with Gasteiger partial charge in [0.1, 0.15) is 0 Å². The Morgan fingerprint density at radius 3 is 2.46 bits per heavy atom. The van der Waals surface area contributed by atoms with Crippen LogP contribution in [0.3, 0.4) is 0 Å². The van der Waals surface area contributed by atoms with Gasteiger partial charge in [0.05, 0.1) is 17.6 Å². The van der Waals surface area contributed by atoms with Crippen molar-refractivity contribution in [1.82, 2.24) is 24.6 Å². The van der Waals surface area contributed by atoms with Crippen molar-refractivity contribution in [1.29, 1.82) is 0 Å². The highest BCUT2D eigenvalue weighted by Crippen LogP contribution is 2.34. The van der Waals surface area contributed by atoms with Gasteiger partial charge >= 0.3 is 0 Å². The molecule has 0 bridgehead atoms. The topological polar surface area (TPSA) is 80.5 Å². The lowest BCUT2D eigenvalue weighted by Crippen LogP contribution is -2.43. The monoisotopic (exact) mass is 482 g/mol. The minimum atomic E-state index is -1.27. The van der Waals surface area contributed by atoms with Crippen LogP contribution in [0.1, 0.15) is 0 Å². The van der Waals surface area contributed by atoms with Crippen molar-refractivity contribution in [3.05, 3.63) is 79.3 Å². The summed E-state index contributed by atoms with van der Waals surface area (Å²) in [7, 11) is 1.70. The van der Waals surface area contributed by atoms with E-state index >= 15 is 0 Å². The second kappa shape index (κ2) is 9.31. The first kappa shape index (κ1) is 22.1. The largest absolute Gasteiger partial charge is 0.593 e. The van der Waals surface area contributed by atoms with E-state index in [4.69, 9.17) is 4.98 Å². The number of nitrogens with zero attached hydrogens (tertiary/aromatic N) is 4. The van der Waals surface area contributed by atoms with Crippen LogP contribution in [0.4, 0.5) is 5.69 Å². The fraction of sp³-hybridized carbons (Fsp3) is 0.185. The molecule has 1 unspecified atom stereocenters. The predicted octanol–water partition coefficient (Wildman–Crippen LogP) is 3.87. The maximum Gasteiger partial charge on any atom is 0.181 e. The van der Waals surface area contributed by atoms with Gasteiger partial charge in [-0.1, -0.05) is 36.4 Å². The molecule has 0 aliphatic carbocycles. The Morgan fingerprint density at radius 1 is 0.886 bits per heavy atom. The zero-order valence-electron chi connectivity index (χ0n) is 19.4. The third-order valence-electron chi connectivity index (χ3n) is 6.60. The summed E-state index contributed by atoms with van der Waals surface area (Å²) in [6, 6.07) is 20.6. The van der Waals surface area contributed by atoms with Gasteiger partial charge < -0.3 is 14.8 Å². The number of rotatable bonds is 5. The van der Waals surface area contributed by atoms with Gasteiger partial charge in [0.25, 0.3) is 0 Å². The molecule has 5 aromatic rings. The molecule has 1 aliphatic heterocycles. The molecule has 3 aromatic carbocycles. The molecule has 2 N–H and O–H groups in total. The van der Waals surface area contributed by atoms with E-state index in [0.717, 1.165) is 69.7 Å². The Balaban J connectivity index is 1.36. The molecular weight excluding hydrogens is 456 g/mol. The molecule has 8 heteroatoms. The lowest BCUT2D eigenvalue weighted by molar-refractivity contribution is 0.588. The lowest BCUT2D eigenvalue weighted by Gasteiger charge is -2.29. The van der Waals surface area contributed by atoms with Gasteiger partial charge in [-0.2, -0.15) is 5.10 Å². The molecule has 3 heterocycles. The fourth-order valence-corrected chi connectivity index (χ4v) is 5.59. The van der Waals surface area contributed by atoms with Crippen LogP contribution in [0.5, 0.6) is 0 Å². The zero-order chi connectivity index (χ0) is 23.8. The van der Waals surface area contributed by atoms with E-state index < -0.39 is 11.4 Å². The number of hydrogen-bond acceptors (Lipinski definition) is 6. The third-order valence-corrected chi connectivity index (χ3v) is 7.72. The van der Waals surface area contributed by atoms with Gasteiger partial charge in [-0.3, -0.25) is 0 Å².